The first-order valence-corrected chi connectivity index (χ1v) is 12.0. The average molecular weight is 474 g/mol. The summed E-state index contributed by atoms with van der Waals surface area (Å²) in [5, 5.41) is 0. The quantitative estimate of drug-likeness (QED) is 0.271. The zero-order chi connectivity index (χ0) is 25.1. The molecule has 0 bridgehead atoms. The molecule has 184 valence electrons. The summed E-state index contributed by atoms with van der Waals surface area (Å²) in [5.41, 5.74) is 14.7. The van der Waals surface area contributed by atoms with Crippen molar-refractivity contribution in [1.82, 2.24) is 9.88 Å². The summed E-state index contributed by atoms with van der Waals surface area (Å²) < 4.78 is 10.9. The number of methoxy groups -OCH3 is 2. The Morgan fingerprint density at radius 2 is 1.80 bits per heavy atom. The first-order chi connectivity index (χ1) is 16.9. The van der Waals surface area contributed by atoms with E-state index >= 15 is 0 Å². The van der Waals surface area contributed by atoms with Crippen LogP contribution in [-0.2, 0) is 4.79 Å². The molecule has 4 rings (SSSR count). The van der Waals surface area contributed by atoms with Gasteiger partial charge in [-0.1, -0.05) is 18.2 Å². The lowest BCUT2D eigenvalue weighted by atomic mass is 9.87. The number of aromatic amines is 1. The summed E-state index contributed by atoms with van der Waals surface area (Å²) >= 11 is 0. The third kappa shape index (κ3) is 4.84. The van der Waals surface area contributed by atoms with Gasteiger partial charge < -0.3 is 25.1 Å². The molecule has 2 aromatic carbocycles. The number of ether oxygens (including phenoxy) is 2. The number of nitrogen functional groups attached to an aromatic ring is 1. The minimum atomic E-state index is 0.534. The van der Waals surface area contributed by atoms with E-state index in [1.54, 1.807) is 14.2 Å². The molecule has 1 aliphatic heterocycles. The van der Waals surface area contributed by atoms with Crippen LogP contribution in [0.1, 0.15) is 46.8 Å². The SMILES string of the molecule is COc1ccc(-c2cccc(N)c2/C(C=O)=C/c2[nH]c(C)c(C3CCN(C)CC3)c2C)cc1OC. The molecule has 35 heavy (non-hydrogen) atoms. The molecule has 1 fully saturated rings. The Labute approximate surface area is 207 Å². The van der Waals surface area contributed by atoms with Crippen LogP contribution in [-0.4, -0.2) is 50.5 Å². The van der Waals surface area contributed by atoms with Crippen molar-refractivity contribution < 1.29 is 14.3 Å². The molecule has 0 unspecified atom stereocenters. The van der Waals surface area contributed by atoms with Crippen LogP contribution in [0.4, 0.5) is 5.69 Å². The van der Waals surface area contributed by atoms with Crippen molar-refractivity contribution in [1.29, 1.82) is 0 Å². The molecule has 0 aliphatic carbocycles. The Hall–Kier alpha value is -3.51. The highest BCUT2D eigenvalue weighted by Gasteiger charge is 2.24. The number of aldehydes is 1. The molecule has 1 saturated heterocycles. The number of aromatic nitrogens is 1. The van der Waals surface area contributed by atoms with E-state index in [4.69, 9.17) is 15.2 Å². The van der Waals surface area contributed by atoms with Gasteiger partial charge in [-0.2, -0.15) is 0 Å². The van der Waals surface area contributed by atoms with E-state index in [0.29, 0.717) is 34.2 Å². The fraction of sp³-hybridized carbons (Fsp3) is 0.345. The summed E-state index contributed by atoms with van der Waals surface area (Å²) in [7, 11) is 5.39. The fourth-order valence-electron chi connectivity index (χ4n) is 5.30. The number of allylic oxidation sites excluding steroid dienone is 1. The van der Waals surface area contributed by atoms with E-state index in [9.17, 15) is 4.79 Å². The summed E-state index contributed by atoms with van der Waals surface area (Å²) in [6.45, 7) is 6.49. The molecule has 0 atom stereocenters. The normalized spacial score (nSPS) is 15.3. The van der Waals surface area contributed by atoms with Gasteiger partial charge in [0.15, 0.2) is 17.8 Å². The zero-order valence-corrected chi connectivity index (χ0v) is 21.3. The van der Waals surface area contributed by atoms with Gasteiger partial charge in [0.2, 0.25) is 0 Å². The number of hydrogen-bond donors (Lipinski definition) is 2. The van der Waals surface area contributed by atoms with Gasteiger partial charge in [0.1, 0.15) is 0 Å². The maximum Gasteiger partial charge on any atom is 0.161 e. The molecule has 6 heteroatoms. The van der Waals surface area contributed by atoms with E-state index in [2.05, 4.69) is 30.8 Å². The van der Waals surface area contributed by atoms with Gasteiger partial charge in [-0.3, -0.25) is 4.79 Å². The number of anilines is 1. The lowest BCUT2D eigenvalue weighted by Crippen LogP contribution is -2.29. The zero-order valence-electron chi connectivity index (χ0n) is 21.3. The number of hydrogen-bond acceptors (Lipinski definition) is 5. The highest BCUT2D eigenvalue weighted by atomic mass is 16.5. The second kappa shape index (κ2) is 10.4. The maximum absolute atomic E-state index is 12.4. The molecule has 1 aliphatic rings. The monoisotopic (exact) mass is 473 g/mol. The molecule has 0 spiro atoms. The molecule has 6 nitrogen and oxygen atoms in total. The van der Waals surface area contributed by atoms with Gasteiger partial charge in [0.05, 0.1) is 14.2 Å². The van der Waals surface area contributed by atoms with Crippen LogP contribution < -0.4 is 15.2 Å². The Morgan fingerprint density at radius 3 is 2.46 bits per heavy atom. The number of H-pyrrole nitrogens is 1. The van der Waals surface area contributed by atoms with Crippen LogP contribution in [0.2, 0.25) is 0 Å². The van der Waals surface area contributed by atoms with Crippen molar-refractivity contribution in [2.45, 2.75) is 32.6 Å². The number of rotatable bonds is 7. The van der Waals surface area contributed by atoms with Gasteiger partial charge in [0.25, 0.3) is 0 Å². The summed E-state index contributed by atoms with van der Waals surface area (Å²) in [6, 6.07) is 11.4. The third-order valence-corrected chi connectivity index (χ3v) is 7.17. The first kappa shape index (κ1) is 24.6. The summed E-state index contributed by atoms with van der Waals surface area (Å²) in [6.07, 6.45) is 5.12. The molecular weight excluding hydrogens is 438 g/mol. The van der Waals surface area contributed by atoms with E-state index < -0.39 is 0 Å². The molecule has 0 radical (unpaired) electrons. The number of nitrogens with one attached hydrogen (secondary N) is 1. The number of piperidine rings is 1. The summed E-state index contributed by atoms with van der Waals surface area (Å²) in [5.74, 6) is 1.80. The summed E-state index contributed by atoms with van der Waals surface area (Å²) in [4.78, 5) is 18.3. The van der Waals surface area contributed by atoms with Gasteiger partial charge in [-0.15, -0.1) is 0 Å². The first-order valence-electron chi connectivity index (χ1n) is 12.0. The van der Waals surface area contributed by atoms with Crippen LogP contribution >= 0.6 is 0 Å². The predicted octanol–water partition coefficient (Wildman–Crippen LogP) is 5.45. The predicted molar refractivity (Wildman–Crippen MR) is 143 cm³/mol. The molecular formula is C29H35N3O3. The molecule has 3 N–H and O–H groups in total. The Bertz CT molecular complexity index is 1250. The maximum atomic E-state index is 12.4. The van der Waals surface area contributed by atoms with Crippen molar-refractivity contribution in [3.8, 4) is 22.6 Å². The number of aryl methyl sites for hydroxylation is 1. The minimum Gasteiger partial charge on any atom is -0.493 e. The fourth-order valence-corrected chi connectivity index (χ4v) is 5.30. The van der Waals surface area contributed by atoms with Gasteiger partial charge in [0, 0.05) is 28.2 Å². The van der Waals surface area contributed by atoms with Gasteiger partial charge in [-0.25, -0.2) is 0 Å². The lowest BCUT2D eigenvalue weighted by Gasteiger charge is -2.29. The molecule has 1 aromatic heterocycles. The van der Waals surface area contributed by atoms with E-state index in [1.165, 1.54) is 16.8 Å². The van der Waals surface area contributed by atoms with Crippen LogP contribution in [0.15, 0.2) is 36.4 Å². The van der Waals surface area contributed by atoms with Crippen molar-refractivity contribution in [2.75, 3.05) is 40.1 Å². The minimum absolute atomic E-state index is 0.534. The highest BCUT2D eigenvalue weighted by molar-refractivity contribution is 6.17. The topological polar surface area (TPSA) is 80.6 Å². The smallest absolute Gasteiger partial charge is 0.161 e. The largest absolute Gasteiger partial charge is 0.493 e. The average Bonchev–Trinajstić information content (AvgIpc) is 3.15. The van der Waals surface area contributed by atoms with Crippen LogP contribution in [0, 0.1) is 13.8 Å². The lowest BCUT2D eigenvalue weighted by molar-refractivity contribution is -0.103. The third-order valence-electron chi connectivity index (χ3n) is 7.17. The van der Waals surface area contributed by atoms with Crippen molar-refractivity contribution in [3.05, 3.63) is 64.5 Å². The number of carbonyl (C=O) groups excluding carboxylic acids is 1. The Balaban J connectivity index is 1.79. The molecule has 3 aromatic rings. The van der Waals surface area contributed by atoms with E-state index in [1.807, 2.05) is 42.5 Å². The van der Waals surface area contributed by atoms with Crippen molar-refractivity contribution in [3.63, 3.8) is 0 Å². The van der Waals surface area contributed by atoms with E-state index in [-0.39, 0.29) is 0 Å². The number of benzene rings is 2. The molecule has 0 amide bonds. The number of carbonyl (C=O) groups is 1. The number of nitrogens with two attached hydrogens (primary N) is 1. The second-order valence-electron chi connectivity index (χ2n) is 9.34. The number of likely N-dealkylation sites (tertiary alicyclic amines) is 1. The van der Waals surface area contributed by atoms with Crippen LogP contribution in [0.25, 0.3) is 22.8 Å². The van der Waals surface area contributed by atoms with E-state index in [0.717, 1.165) is 49.0 Å². The highest BCUT2D eigenvalue weighted by Crippen LogP contribution is 2.39. The second-order valence-corrected chi connectivity index (χ2v) is 9.34. The van der Waals surface area contributed by atoms with Gasteiger partial charge in [-0.05, 0) is 99.3 Å². The standard InChI is InChI=1S/C29H35N3O3/c1-18-25(31-19(2)28(18)20-11-13-32(3)14-12-20)15-22(17-33)29-23(7-6-8-24(29)30)21-9-10-26(34-4)27(16-21)35-5/h6-10,15-17,20,31H,11-14,30H2,1-5H3/b22-15+. The van der Waals surface area contributed by atoms with Crippen molar-refractivity contribution in [2.24, 2.45) is 0 Å². The van der Waals surface area contributed by atoms with Crippen molar-refractivity contribution >= 4 is 23.6 Å². The Kier molecular flexibility index (Phi) is 7.31. The number of nitrogens with zero attached hydrogens (tertiary/aromatic N) is 1. The Morgan fingerprint density at radius 1 is 1.09 bits per heavy atom. The van der Waals surface area contributed by atoms with Gasteiger partial charge >= 0.3 is 0 Å². The molecule has 0 saturated carbocycles. The van der Waals surface area contributed by atoms with Crippen LogP contribution in [0.3, 0.4) is 0 Å². The molecule has 2 heterocycles. The van der Waals surface area contributed by atoms with Crippen LogP contribution in [0.5, 0.6) is 11.5 Å².